The van der Waals surface area contributed by atoms with E-state index in [2.05, 4.69) is 30.7 Å². The van der Waals surface area contributed by atoms with Gasteiger partial charge in [-0.15, -0.1) is 0 Å². The highest BCUT2D eigenvalue weighted by atomic mass is 35.5. The molecule has 1 aromatic carbocycles. The summed E-state index contributed by atoms with van der Waals surface area (Å²) in [7, 11) is 0. The average molecular weight is 740 g/mol. The number of aliphatic hydroxyl groups is 1. The summed E-state index contributed by atoms with van der Waals surface area (Å²) in [6.07, 6.45) is 15.4. The molecule has 13 heteroatoms. The number of piperazine rings is 1. The second kappa shape index (κ2) is 17.2. The van der Waals surface area contributed by atoms with E-state index in [0.717, 1.165) is 82.4 Å². The van der Waals surface area contributed by atoms with Crippen LogP contribution in [0.25, 0.3) is 0 Å². The van der Waals surface area contributed by atoms with E-state index in [1.165, 1.54) is 44.9 Å². The lowest BCUT2D eigenvalue weighted by atomic mass is 9.61. The van der Waals surface area contributed by atoms with Gasteiger partial charge in [-0.2, -0.15) is 0 Å². The minimum Gasteiger partial charge on any atom is -0.484 e. The van der Waals surface area contributed by atoms with Gasteiger partial charge in [-0.25, -0.2) is 4.98 Å². The summed E-state index contributed by atoms with van der Waals surface area (Å²) in [5, 5.41) is 23.1. The zero-order valence-corrected chi connectivity index (χ0v) is 31.5. The van der Waals surface area contributed by atoms with Gasteiger partial charge in [-0.3, -0.25) is 30.0 Å². The van der Waals surface area contributed by atoms with Crippen LogP contribution in [0.1, 0.15) is 94.4 Å². The molecular weight excluding hydrogens is 682 g/mol. The summed E-state index contributed by atoms with van der Waals surface area (Å²) >= 11 is 6.77. The Morgan fingerprint density at radius 3 is 2.56 bits per heavy atom. The zero-order chi connectivity index (χ0) is 36.1. The van der Waals surface area contributed by atoms with Crippen LogP contribution in [0.5, 0.6) is 5.75 Å². The number of nitrogens with zero attached hydrogens (tertiary/aromatic N) is 4. The number of ether oxygens (including phenoxy) is 1. The van der Waals surface area contributed by atoms with Gasteiger partial charge in [0, 0.05) is 76.7 Å². The number of rotatable bonds is 11. The molecule has 2 aromatic rings. The standard InChI is InChI=1S/C39H58ClN7O5/c1-27(48)46-16-18-47(19-17-46)38-39(13-5-3-2-4-6-14-39)33(20-35(44-38)43-29-8-7-9-29)37(50)42-21-30(49)24-45-15-12-32-28(23-45)10-11-34(36(32)40)51-25-31-22-41-26-52-31/h10-11,22,26,29-30,33,35,38,43-44,49H,2-9,12-21,23-25H2,1H3,(H,42,50)/t30-,33?,35?,38?/m0/s1. The minimum atomic E-state index is -0.695. The van der Waals surface area contributed by atoms with Crippen molar-refractivity contribution in [3.05, 3.63) is 46.6 Å². The summed E-state index contributed by atoms with van der Waals surface area (Å²) in [5.41, 5.74) is 1.99. The van der Waals surface area contributed by atoms with Crippen molar-refractivity contribution < 1.29 is 23.8 Å². The lowest BCUT2D eigenvalue weighted by Gasteiger charge is -2.57. The highest BCUT2D eigenvalue weighted by Gasteiger charge is 2.54. The Morgan fingerprint density at radius 1 is 1.10 bits per heavy atom. The largest absolute Gasteiger partial charge is 0.484 e. The number of halogens is 1. The van der Waals surface area contributed by atoms with E-state index in [-0.39, 0.29) is 48.6 Å². The van der Waals surface area contributed by atoms with Crippen LogP contribution in [0.2, 0.25) is 5.02 Å². The van der Waals surface area contributed by atoms with Gasteiger partial charge in [-0.1, -0.05) is 56.2 Å². The van der Waals surface area contributed by atoms with Crippen LogP contribution in [0.15, 0.2) is 29.1 Å². The van der Waals surface area contributed by atoms with Crippen molar-refractivity contribution in [3.63, 3.8) is 0 Å². The third-order valence-electron chi connectivity index (χ3n) is 12.5. The highest BCUT2D eigenvalue weighted by Crippen LogP contribution is 2.49. The first-order chi connectivity index (χ1) is 25.3. The van der Waals surface area contributed by atoms with Crippen molar-refractivity contribution in [3.8, 4) is 5.75 Å². The molecule has 7 rings (SSSR count). The molecule has 12 nitrogen and oxygen atoms in total. The summed E-state index contributed by atoms with van der Waals surface area (Å²) in [4.78, 5) is 37.4. The molecule has 2 saturated carbocycles. The summed E-state index contributed by atoms with van der Waals surface area (Å²) < 4.78 is 11.2. The van der Waals surface area contributed by atoms with Crippen LogP contribution in [-0.2, 0) is 29.2 Å². The maximum atomic E-state index is 14.5. The first kappa shape index (κ1) is 37.6. The third-order valence-corrected chi connectivity index (χ3v) is 13.0. The smallest absolute Gasteiger partial charge is 0.223 e. The molecule has 1 spiro atoms. The van der Waals surface area contributed by atoms with Crippen molar-refractivity contribution >= 4 is 23.4 Å². The van der Waals surface area contributed by atoms with Crippen molar-refractivity contribution in [2.75, 3.05) is 45.8 Å². The quantitative estimate of drug-likeness (QED) is 0.268. The number of carbonyl (C=O) groups excluding carboxylic acids is 2. The molecule has 2 aliphatic carbocycles. The van der Waals surface area contributed by atoms with Crippen LogP contribution >= 0.6 is 11.6 Å². The van der Waals surface area contributed by atoms with Crippen molar-refractivity contribution in [2.24, 2.45) is 11.3 Å². The van der Waals surface area contributed by atoms with Crippen LogP contribution in [0.3, 0.4) is 0 Å². The van der Waals surface area contributed by atoms with Crippen LogP contribution < -0.4 is 20.7 Å². The van der Waals surface area contributed by atoms with Crippen LogP contribution in [0.4, 0.5) is 0 Å². The van der Waals surface area contributed by atoms with Crippen molar-refractivity contribution in [1.29, 1.82) is 0 Å². The van der Waals surface area contributed by atoms with Crippen LogP contribution in [-0.4, -0.2) is 107 Å². The predicted molar refractivity (Wildman–Crippen MR) is 198 cm³/mol. The number of piperidine rings is 1. The van der Waals surface area contributed by atoms with E-state index in [1.807, 2.05) is 17.0 Å². The second-order valence-corrected chi connectivity index (χ2v) is 16.3. The minimum absolute atomic E-state index is 0.0474. The molecule has 3 aliphatic heterocycles. The fourth-order valence-electron chi connectivity index (χ4n) is 9.46. The molecule has 4 atom stereocenters. The molecule has 1 aromatic heterocycles. The van der Waals surface area contributed by atoms with Gasteiger partial charge in [-0.05, 0) is 55.7 Å². The summed E-state index contributed by atoms with van der Waals surface area (Å²) in [6.45, 7) is 7.10. The van der Waals surface area contributed by atoms with E-state index in [0.29, 0.717) is 35.7 Å². The maximum Gasteiger partial charge on any atom is 0.223 e. The Bertz CT molecular complexity index is 1490. The summed E-state index contributed by atoms with van der Waals surface area (Å²) in [6, 6.07) is 4.44. The molecule has 4 N–H and O–H groups in total. The number of aromatic nitrogens is 1. The van der Waals surface area contributed by atoms with Gasteiger partial charge in [0.15, 0.2) is 12.2 Å². The Kier molecular flexibility index (Phi) is 12.4. The van der Waals surface area contributed by atoms with Gasteiger partial charge < -0.3 is 24.5 Å². The molecule has 286 valence electrons. The van der Waals surface area contributed by atoms with Crippen molar-refractivity contribution in [2.45, 2.75) is 122 Å². The molecule has 5 aliphatic rings. The number of oxazole rings is 1. The maximum absolute atomic E-state index is 14.5. The van der Waals surface area contributed by atoms with E-state index >= 15 is 0 Å². The number of fused-ring (bicyclic) bond motifs is 1. The monoisotopic (exact) mass is 739 g/mol. The molecule has 4 heterocycles. The fourth-order valence-corrected chi connectivity index (χ4v) is 9.79. The number of benzene rings is 1. The summed E-state index contributed by atoms with van der Waals surface area (Å²) in [5.74, 6) is 1.29. The van der Waals surface area contributed by atoms with E-state index in [1.54, 1.807) is 13.1 Å². The van der Waals surface area contributed by atoms with Gasteiger partial charge in [0.05, 0.1) is 29.7 Å². The number of carbonyl (C=O) groups is 2. The Balaban J connectivity index is 1.00. The molecule has 2 amide bonds. The SMILES string of the molecule is CC(=O)N1CCN(C2NC(NC3CCC3)CC(C(=O)NC[C@H](O)CN3CCc4c(ccc(OCc5cnco5)c4Cl)C3)C23CCCCCCC3)CC1. The van der Waals surface area contributed by atoms with E-state index in [4.69, 9.17) is 20.8 Å². The van der Waals surface area contributed by atoms with Gasteiger partial charge in [0.2, 0.25) is 11.8 Å². The van der Waals surface area contributed by atoms with Gasteiger partial charge >= 0.3 is 0 Å². The number of amides is 2. The van der Waals surface area contributed by atoms with Crippen LogP contribution in [0, 0.1) is 11.3 Å². The zero-order valence-electron chi connectivity index (χ0n) is 30.8. The van der Waals surface area contributed by atoms with Gasteiger partial charge in [0.1, 0.15) is 12.4 Å². The Hall–Kier alpha value is -2.74. The molecule has 0 radical (unpaired) electrons. The molecule has 3 unspecified atom stereocenters. The highest BCUT2D eigenvalue weighted by molar-refractivity contribution is 6.33. The van der Waals surface area contributed by atoms with Gasteiger partial charge in [0.25, 0.3) is 0 Å². The fraction of sp³-hybridized carbons (Fsp3) is 0.718. The Morgan fingerprint density at radius 2 is 1.87 bits per heavy atom. The average Bonchev–Trinajstić information content (AvgIpc) is 3.64. The van der Waals surface area contributed by atoms with E-state index in [9.17, 15) is 14.7 Å². The third kappa shape index (κ3) is 8.63. The number of aliphatic hydroxyl groups excluding tert-OH is 1. The van der Waals surface area contributed by atoms with E-state index < -0.39 is 6.10 Å². The lowest BCUT2D eigenvalue weighted by molar-refractivity contribution is -0.145. The molecular formula is C39H58ClN7O5. The number of β-amino-alcohol motifs (C(OH)–C–C–N with tert-alkyl or cyclic N) is 1. The molecule has 4 fully saturated rings. The lowest BCUT2D eigenvalue weighted by Crippen LogP contribution is -2.72. The predicted octanol–water partition coefficient (Wildman–Crippen LogP) is 4.04. The Labute approximate surface area is 313 Å². The molecule has 0 bridgehead atoms. The first-order valence-corrected chi connectivity index (χ1v) is 20.2. The second-order valence-electron chi connectivity index (χ2n) is 15.9. The molecule has 2 saturated heterocycles. The van der Waals surface area contributed by atoms with Crippen molar-refractivity contribution in [1.82, 2.24) is 35.6 Å². The first-order valence-electron chi connectivity index (χ1n) is 19.8. The normalized spacial score (nSPS) is 26.5. The molecule has 52 heavy (non-hydrogen) atoms. The topological polar surface area (TPSA) is 135 Å². The number of hydrogen-bond donors (Lipinski definition) is 4. The number of nitrogens with one attached hydrogen (secondary N) is 3. The number of hydrogen-bond acceptors (Lipinski definition) is 10.